The zero-order valence-electron chi connectivity index (χ0n) is 9.78. The zero-order valence-corrected chi connectivity index (χ0v) is 9.78. The van der Waals surface area contributed by atoms with Crippen LogP contribution in [0, 0.1) is 11.8 Å². The number of carboxylic acid groups (broad SMARTS) is 1. The highest BCUT2D eigenvalue weighted by Gasteiger charge is 2.35. The predicted octanol–water partition coefficient (Wildman–Crippen LogP) is 2.26. The van der Waals surface area contributed by atoms with Crippen molar-refractivity contribution in [3.05, 3.63) is 42.5 Å². The number of hydrogen-bond donors (Lipinski definition) is 1. The van der Waals surface area contributed by atoms with Gasteiger partial charge in [-0.1, -0.05) is 30.4 Å². The van der Waals surface area contributed by atoms with Gasteiger partial charge in [-0.3, -0.25) is 9.59 Å². The van der Waals surface area contributed by atoms with Gasteiger partial charge in [0.1, 0.15) is 5.75 Å². The summed E-state index contributed by atoms with van der Waals surface area (Å²) in [5.41, 5.74) is 0. The number of carbonyl (C=O) groups is 2. The minimum Gasteiger partial charge on any atom is -0.481 e. The van der Waals surface area contributed by atoms with E-state index in [2.05, 4.69) is 0 Å². The molecule has 94 valence electrons. The van der Waals surface area contributed by atoms with Gasteiger partial charge in [0.05, 0.1) is 11.8 Å². The minimum atomic E-state index is -0.950. The number of esters is 1. The Morgan fingerprint density at radius 2 is 1.67 bits per heavy atom. The van der Waals surface area contributed by atoms with Crippen LogP contribution in [-0.2, 0) is 9.59 Å². The summed E-state index contributed by atoms with van der Waals surface area (Å²) < 4.78 is 5.20. The molecule has 0 bridgehead atoms. The van der Waals surface area contributed by atoms with Gasteiger partial charge in [-0.05, 0) is 25.0 Å². The van der Waals surface area contributed by atoms with Crippen LogP contribution in [0.4, 0.5) is 0 Å². The molecule has 4 nitrogen and oxygen atoms in total. The van der Waals surface area contributed by atoms with Crippen LogP contribution in [0.15, 0.2) is 42.5 Å². The molecule has 0 aliphatic heterocycles. The summed E-state index contributed by atoms with van der Waals surface area (Å²) in [4.78, 5) is 23.0. The molecule has 1 aliphatic carbocycles. The summed E-state index contributed by atoms with van der Waals surface area (Å²) in [5.74, 6) is -2.27. The van der Waals surface area contributed by atoms with Crippen molar-refractivity contribution in [1.82, 2.24) is 0 Å². The van der Waals surface area contributed by atoms with Crippen LogP contribution in [0.3, 0.4) is 0 Å². The van der Waals surface area contributed by atoms with Gasteiger partial charge in [0.2, 0.25) is 0 Å². The molecule has 2 unspecified atom stereocenters. The number of ether oxygens (including phenoxy) is 1. The molecule has 0 aromatic heterocycles. The Bertz CT molecular complexity index is 464. The van der Waals surface area contributed by atoms with Crippen molar-refractivity contribution in [3.8, 4) is 5.75 Å². The second-order valence-corrected chi connectivity index (χ2v) is 4.23. The molecule has 18 heavy (non-hydrogen) atoms. The van der Waals surface area contributed by atoms with Crippen LogP contribution >= 0.6 is 0 Å². The number of rotatable bonds is 3. The Hall–Kier alpha value is -2.10. The number of carboxylic acids is 1. The Morgan fingerprint density at radius 1 is 1.06 bits per heavy atom. The molecule has 2 atom stereocenters. The van der Waals surface area contributed by atoms with E-state index in [9.17, 15) is 9.59 Å². The molecule has 0 radical (unpaired) electrons. The maximum atomic E-state index is 12.0. The van der Waals surface area contributed by atoms with Gasteiger partial charge in [-0.2, -0.15) is 0 Å². The van der Waals surface area contributed by atoms with Crippen molar-refractivity contribution < 1.29 is 19.4 Å². The second-order valence-electron chi connectivity index (χ2n) is 4.23. The second kappa shape index (κ2) is 5.49. The van der Waals surface area contributed by atoms with Crippen molar-refractivity contribution in [3.63, 3.8) is 0 Å². The van der Waals surface area contributed by atoms with Crippen LogP contribution in [0.1, 0.15) is 12.8 Å². The number of carbonyl (C=O) groups excluding carboxylic acids is 1. The predicted molar refractivity (Wildman–Crippen MR) is 65.1 cm³/mol. The van der Waals surface area contributed by atoms with E-state index in [1.165, 1.54) is 0 Å². The van der Waals surface area contributed by atoms with Crippen LogP contribution in [0.25, 0.3) is 0 Å². The largest absolute Gasteiger partial charge is 0.481 e. The van der Waals surface area contributed by atoms with Gasteiger partial charge in [-0.25, -0.2) is 0 Å². The standard InChI is InChI=1S/C14H14O4/c15-13(16)11-8-4-5-9-12(11)14(17)18-10-6-2-1-3-7-10/h1-7,11-12H,8-9H2,(H,15,16). The van der Waals surface area contributed by atoms with E-state index in [4.69, 9.17) is 9.84 Å². The molecule has 0 amide bonds. The number of hydrogen-bond acceptors (Lipinski definition) is 3. The van der Waals surface area contributed by atoms with Gasteiger partial charge in [0.15, 0.2) is 0 Å². The zero-order chi connectivity index (χ0) is 13.0. The summed E-state index contributed by atoms with van der Waals surface area (Å²) in [6.07, 6.45) is 4.42. The first-order valence-electron chi connectivity index (χ1n) is 5.83. The Kier molecular flexibility index (Phi) is 3.77. The molecule has 0 fully saturated rings. The summed E-state index contributed by atoms with van der Waals surface area (Å²) in [6.45, 7) is 0. The highest BCUT2D eigenvalue weighted by atomic mass is 16.5. The van der Waals surface area contributed by atoms with Gasteiger partial charge >= 0.3 is 11.9 Å². The van der Waals surface area contributed by atoms with E-state index in [1.807, 2.05) is 12.1 Å². The summed E-state index contributed by atoms with van der Waals surface area (Å²) >= 11 is 0. The van der Waals surface area contributed by atoms with Crippen molar-refractivity contribution in [2.24, 2.45) is 11.8 Å². The molecule has 0 saturated carbocycles. The summed E-state index contributed by atoms with van der Waals surface area (Å²) in [5, 5.41) is 9.08. The molecule has 0 spiro atoms. The van der Waals surface area contributed by atoms with E-state index in [-0.39, 0.29) is 0 Å². The first-order chi connectivity index (χ1) is 8.68. The molecular formula is C14H14O4. The topological polar surface area (TPSA) is 63.6 Å². The Balaban J connectivity index is 2.08. The lowest BCUT2D eigenvalue weighted by atomic mass is 9.83. The average molecular weight is 246 g/mol. The van der Waals surface area contributed by atoms with Crippen molar-refractivity contribution >= 4 is 11.9 Å². The smallest absolute Gasteiger partial charge is 0.315 e. The fourth-order valence-corrected chi connectivity index (χ4v) is 2.03. The van der Waals surface area contributed by atoms with Gasteiger partial charge in [0, 0.05) is 0 Å². The van der Waals surface area contributed by atoms with Crippen molar-refractivity contribution in [2.45, 2.75) is 12.8 Å². The fraction of sp³-hybridized carbons (Fsp3) is 0.286. The summed E-state index contributed by atoms with van der Waals surface area (Å²) in [6, 6.07) is 8.69. The first-order valence-corrected chi connectivity index (χ1v) is 5.83. The third kappa shape index (κ3) is 2.77. The highest BCUT2D eigenvalue weighted by molar-refractivity contribution is 5.83. The molecule has 0 saturated heterocycles. The van der Waals surface area contributed by atoms with Crippen LogP contribution in [0.2, 0.25) is 0 Å². The summed E-state index contributed by atoms with van der Waals surface area (Å²) in [7, 11) is 0. The monoisotopic (exact) mass is 246 g/mol. The lowest BCUT2D eigenvalue weighted by molar-refractivity contribution is -0.152. The van der Waals surface area contributed by atoms with Gasteiger partial charge in [-0.15, -0.1) is 0 Å². The first kappa shape index (κ1) is 12.4. The molecular weight excluding hydrogens is 232 g/mol. The fourth-order valence-electron chi connectivity index (χ4n) is 2.03. The van der Waals surface area contributed by atoms with E-state index in [1.54, 1.807) is 30.3 Å². The van der Waals surface area contributed by atoms with Gasteiger partial charge in [0.25, 0.3) is 0 Å². The maximum Gasteiger partial charge on any atom is 0.315 e. The Morgan fingerprint density at radius 3 is 2.28 bits per heavy atom. The molecule has 1 N–H and O–H groups in total. The number of allylic oxidation sites excluding steroid dienone is 2. The van der Waals surface area contributed by atoms with E-state index in [0.29, 0.717) is 18.6 Å². The molecule has 2 rings (SSSR count). The quantitative estimate of drug-likeness (QED) is 0.504. The van der Waals surface area contributed by atoms with Crippen molar-refractivity contribution in [2.75, 3.05) is 0 Å². The normalized spacial score (nSPS) is 22.4. The van der Waals surface area contributed by atoms with Crippen LogP contribution in [0.5, 0.6) is 5.75 Å². The van der Waals surface area contributed by atoms with E-state index < -0.39 is 23.8 Å². The van der Waals surface area contributed by atoms with Crippen LogP contribution in [-0.4, -0.2) is 17.0 Å². The molecule has 0 heterocycles. The minimum absolute atomic E-state index is 0.379. The van der Waals surface area contributed by atoms with Gasteiger partial charge < -0.3 is 9.84 Å². The average Bonchev–Trinajstić information content (AvgIpc) is 2.40. The van der Waals surface area contributed by atoms with E-state index >= 15 is 0 Å². The lowest BCUT2D eigenvalue weighted by Gasteiger charge is -2.23. The highest BCUT2D eigenvalue weighted by Crippen LogP contribution is 2.27. The lowest BCUT2D eigenvalue weighted by Crippen LogP contribution is -2.33. The molecule has 1 aromatic carbocycles. The van der Waals surface area contributed by atoms with E-state index in [0.717, 1.165) is 0 Å². The third-order valence-corrected chi connectivity index (χ3v) is 3.01. The molecule has 1 aliphatic rings. The SMILES string of the molecule is O=C(O)C1CC=CCC1C(=O)Oc1ccccc1. The van der Waals surface area contributed by atoms with Crippen molar-refractivity contribution in [1.29, 1.82) is 0 Å². The van der Waals surface area contributed by atoms with Crippen LogP contribution < -0.4 is 4.74 Å². The number of benzene rings is 1. The number of para-hydroxylation sites is 1. The molecule has 4 heteroatoms. The number of aliphatic carboxylic acids is 1. The third-order valence-electron chi connectivity index (χ3n) is 3.01. The Labute approximate surface area is 105 Å². The molecule has 1 aromatic rings. The maximum absolute atomic E-state index is 12.0.